The van der Waals surface area contributed by atoms with E-state index >= 15 is 0 Å². The van der Waals surface area contributed by atoms with Gasteiger partial charge in [-0.25, -0.2) is 0 Å². The topological polar surface area (TPSA) is 53.5 Å². The Balaban J connectivity index is 1.44. The largest absolute Gasteiger partial charge is 0.348 e. The third kappa shape index (κ3) is 5.63. The van der Waals surface area contributed by atoms with Crippen LogP contribution in [0.1, 0.15) is 56.9 Å². The van der Waals surface area contributed by atoms with Crippen molar-refractivity contribution in [3.8, 4) is 11.1 Å². The van der Waals surface area contributed by atoms with Crippen molar-refractivity contribution in [2.75, 3.05) is 27.2 Å². The van der Waals surface area contributed by atoms with Gasteiger partial charge < -0.3 is 9.80 Å². The van der Waals surface area contributed by atoms with E-state index in [2.05, 4.69) is 29.2 Å². The minimum absolute atomic E-state index is 0.176. The number of aromatic nitrogens is 1. The number of hydrogen-bond acceptors (Lipinski definition) is 3. The normalized spacial score (nSPS) is 18.3. The van der Waals surface area contributed by atoms with Gasteiger partial charge in [-0.05, 0) is 60.4 Å². The molecular formula is C28H37N3O2. The average molecular weight is 448 g/mol. The molecule has 2 fully saturated rings. The number of nitrogens with zero attached hydrogens (tertiary/aromatic N) is 3. The highest BCUT2D eigenvalue weighted by Crippen LogP contribution is 2.38. The van der Waals surface area contributed by atoms with E-state index in [0.29, 0.717) is 25.9 Å². The molecular weight excluding hydrogens is 410 g/mol. The van der Waals surface area contributed by atoms with Crippen molar-refractivity contribution in [3.05, 3.63) is 54.4 Å². The highest BCUT2D eigenvalue weighted by Gasteiger charge is 2.43. The molecule has 0 spiro atoms. The fourth-order valence-electron chi connectivity index (χ4n) is 5.71. The third-order valence-corrected chi connectivity index (χ3v) is 7.66. The Labute approximate surface area is 198 Å². The fourth-order valence-corrected chi connectivity index (χ4v) is 5.71. The van der Waals surface area contributed by atoms with Gasteiger partial charge in [-0.2, -0.15) is 0 Å². The number of benzene rings is 1. The lowest BCUT2D eigenvalue weighted by Gasteiger charge is -2.42. The van der Waals surface area contributed by atoms with Crippen molar-refractivity contribution in [1.29, 1.82) is 0 Å². The summed E-state index contributed by atoms with van der Waals surface area (Å²) in [6, 6.07) is 12.5. The standard InChI is InChI=1S/C28H37N3O2/c1-30(2)27(33)28(21-23-8-5-9-25(20-23)24-12-16-29-17-13-24)14-18-31(19-15-28)26(32)11-10-22-6-3-4-7-22/h5,8-9,12-13,16-17,20,22H,3-4,6-7,10-11,14-15,18-19,21H2,1-2H3. The van der Waals surface area contributed by atoms with E-state index in [9.17, 15) is 9.59 Å². The zero-order valence-electron chi connectivity index (χ0n) is 20.1. The molecule has 0 unspecified atom stereocenters. The first-order valence-electron chi connectivity index (χ1n) is 12.5. The molecule has 2 heterocycles. The molecule has 0 bridgehead atoms. The molecule has 176 valence electrons. The number of hydrogen-bond donors (Lipinski definition) is 0. The number of carbonyl (C=O) groups is 2. The first kappa shape index (κ1) is 23.5. The summed E-state index contributed by atoms with van der Waals surface area (Å²) < 4.78 is 0. The first-order valence-corrected chi connectivity index (χ1v) is 12.5. The highest BCUT2D eigenvalue weighted by atomic mass is 16.2. The minimum Gasteiger partial charge on any atom is -0.348 e. The predicted molar refractivity (Wildman–Crippen MR) is 132 cm³/mol. The molecule has 1 saturated heterocycles. The Bertz CT molecular complexity index is 943. The van der Waals surface area contributed by atoms with Crippen LogP contribution in [0.15, 0.2) is 48.8 Å². The van der Waals surface area contributed by atoms with Crippen LogP contribution in [0, 0.1) is 11.3 Å². The first-order chi connectivity index (χ1) is 16.0. The van der Waals surface area contributed by atoms with E-state index in [-0.39, 0.29) is 11.8 Å². The molecule has 0 radical (unpaired) electrons. The fraction of sp³-hybridized carbons (Fsp3) is 0.536. The Hall–Kier alpha value is -2.69. The van der Waals surface area contributed by atoms with E-state index in [1.54, 1.807) is 17.3 Å². The zero-order chi connectivity index (χ0) is 23.3. The Morgan fingerprint density at radius 3 is 2.39 bits per heavy atom. The summed E-state index contributed by atoms with van der Waals surface area (Å²) in [5.74, 6) is 1.18. The molecule has 1 aromatic carbocycles. The number of piperidine rings is 1. The van der Waals surface area contributed by atoms with E-state index in [1.165, 1.54) is 31.2 Å². The number of rotatable bonds is 7. The maximum absolute atomic E-state index is 13.4. The second kappa shape index (κ2) is 10.5. The number of amides is 2. The molecule has 0 atom stereocenters. The van der Waals surface area contributed by atoms with Crippen LogP contribution in [0.3, 0.4) is 0 Å². The summed E-state index contributed by atoms with van der Waals surface area (Å²) in [5, 5.41) is 0. The van der Waals surface area contributed by atoms with Gasteiger partial charge in [-0.1, -0.05) is 49.9 Å². The molecule has 2 aliphatic rings. The molecule has 1 aliphatic heterocycles. The SMILES string of the molecule is CN(C)C(=O)C1(Cc2cccc(-c3ccncc3)c2)CCN(C(=O)CCC2CCCC2)CC1. The van der Waals surface area contributed by atoms with Crippen LogP contribution < -0.4 is 0 Å². The lowest BCUT2D eigenvalue weighted by molar-refractivity contribution is -0.146. The molecule has 2 amide bonds. The van der Waals surface area contributed by atoms with Gasteiger partial charge in [0.15, 0.2) is 0 Å². The Kier molecular flexibility index (Phi) is 7.46. The second-order valence-corrected chi connectivity index (χ2v) is 10.2. The van der Waals surface area contributed by atoms with Gasteiger partial charge in [0.05, 0.1) is 5.41 Å². The van der Waals surface area contributed by atoms with Gasteiger partial charge in [-0.15, -0.1) is 0 Å². The molecule has 0 N–H and O–H groups in total. The molecule has 4 rings (SSSR count). The maximum atomic E-state index is 13.4. The van der Waals surface area contributed by atoms with Gasteiger partial charge in [0.25, 0.3) is 0 Å². The molecule has 5 heteroatoms. The molecule has 5 nitrogen and oxygen atoms in total. The Morgan fingerprint density at radius 2 is 1.73 bits per heavy atom. The molecule has 1 saturated carbocycles. The van der Waals surface area contributed by atoms with E-state index in [0.717, 1.165) is 36.3 Å². The lowest BCUT2D eigenvalue weighted by atomic mass is 9.72. The molecule has 2 aromatic rings. The van der Waals surface area contributed by atoms with Gasteiger partial charge in [-0.3, -0.25) is 14.6 Å². The summed E-state index contributed by atoms with van der Waals surface area (Å²) in [6.45, 7) is 1.35. The van der Waals surface area contributed by atoms with Crippen LogP contribution in [0.2, 0.25) is 0 Å². The Morgan fingerprint density at radius 1 is 1.03 bits per heavy atom. The summed E-state index contributed by atoms with van der Waals surface area (Å²) in [6.07, 6.45) is 12.6. The second-order valence-electron chi connectivity index (χ2n) is 10.2. The van der Waals surface area contributed by atoms with Gasteiger partial charge in [0.2, 0.25) is 11.8 Å². The quantitative estimate of drug-likeness (QED) is 0.603. The van der Waals surface area contributed by atoms with E-state index in [1.807, 2.05) is 31.1 Å². The van der Waals surface area contributed by atoms with Crippen LogP contribution in [-0.4, -0.2) is 53.8 Å². The van der Waals surface area contributed by atoms with Crippen molar-refractivity contribution >= 4 is 11.8 Å². The maximum Gasteiger partial charge on any atom is 0.228 e. The summed E-state index contributed by atoms with van der Waals surface area (Å²) in [5.41, 5.74) is 2.98. The summed E-state index contributed by atoms with van der Waals surface area (Å²) in [7, 11) is 3.69. The average Bonchev–Trinajstić information content (AvgIpc) is 3.37. The van der Waals surface area contributed by atoms with Crippen LogP contribution in [0.5, 0.6) is 0 Å². The number of carbonyl (C=O) groups excluding carboxylic acids is 2. The minimum atomic E-state index is -0.456. The van der Waals surface area contributed by atoms with Gasteiger partial charge in [0.1, 0.15) is 0 Å². The van der Waals surface area contributed by atoms with Crippen molar-refractivity contribution in [3.63, 3.8) is 0 Å². The van der Waals surface area contributed by atoms with Crippen molar-refractivity contribution < 1.29 is 9.59 Å². The third-order valence-electron chi connectivity index (χ3n) is 7.66. The molecule has 1 aromatic heterocycles. The predicted octanol–water partition coefficient (Wildman–Crippen LogP) is 4.96. The van der Waals surface area contributed by atoms with Crippen LogP contribution in [0.4, 0.5) is 0 Å². The smallest absolute Gasteiger partial charge is 0.228 e. The zero-order valence-corrected chi connectivity index (χ0v) is 20.1. The molecule has 33 heavy (non-hydrogen) atoms. The van der Waals surface area contributed by atoms with Crippen LogP contribution in [-0.2, 0) is 16.0 Å². The van der Waals surface area contributed by atoms with Crippen molar-refractivity contribution in [2.45, 2.75) is 57.8 Å². The van der Waals surface area contributed by atoms with Crippen LogP contribution in [0.25, 0.3) is 11.1 Å². The monoisotopic (exact) mass is 447 g/mol. The molecule has 1 aliphatic carbocycles. The summed E-state index contributed by atoms with van der Waals surface area (Å²) in [4.78, 5) is 34.1. The van der Waals surface area contributed by atoms with Crippen molar-refractivity contribution in [2.24, 2.45) is 11.3 Å². The van der Waals surface area contributed by atoms with Crippen LogP contribution >= 0.6 is 0 Å². The van der Waals surface area contributed by atoms with Crippen molar-refractivity contribution in [1.82, 2.24) is 14.8 Å². The number of pyridine rings is 1. The lowest BCUT2D eigenvalue weighted by Crippen LogP contribution is -2.51. The highest BCUT2D eigenvalue weighted by molar-refractivity contribution is 5.83. The number of likely N-dealkylation sites (tertiary alicyclic amines) is 1. The van der Waals surface area contributed by atoms with Gasteiger partial charge >= 0.3 is 0 Å². The van der Waals surface area contributed by atoms with Gasteiger partial charge in [0, 0.05) is 46.0 Å². The van der Waals surface area contributed by atoms with E-state index < -0.39 is 5.41 Å². The summed E-state index contributed by atoms with van der Waals surface area (Å²) >= 11 is 0. The van der Waals surface area contributed by atoms with E-state index in [4.69, 9.17) is 0 Å².